The number of piperidine rings is 3. The van der Waals surface area contributed by atoms with E-state index in [9.17, 15) is 23.9 Å². The van der Waals surface area contributed by atoms with Crippen LogP contribution < -0.4 is 19.9 Å². The Bertz CT molecular complexity index is 2930. The molecule has 2 aromatic heterocycles. The van der Waals surface area contributed by atoms with Crippen LogP contribution in [-0.2, 0) is 14.4 Å². The van der Waals surface area contributed by atoms with Crippen LogP contribution in [0.15, 0.2) is 48.7 Å². The molecule has 3 unspecified atom stereocenters. The molecule has 1 spiro atoms. The number of pyridine rings is 1. The number of halogens is 2. The number of rotatable bonds is 11. The number of carbonyl (C=O) groups excluding carboxylic acids is 3. The first-order chi connectivity index (χ1) is 36.2. The number of Topliss-reactive ketones (excluding diaryl/α,β-unsaturated/α-hetero) is 1. The number of fused-ring (bicyclic) bond motifs is 2. The Kier molecular flexibility index (Phi) is 18.8. The predicted octanol–water partition coefficient (Wildman–Crippen LogP) is 12.2. The molecule has 2 amide bonds. The molecule has 4 aliphatic heterocycles. The van der Waals surface area contributed by atoms with Gasteiger partial charge in [0.05, 0.1) is 17.6 Å². The summed E-state index contributed by atoms with van der Waals surface area (Å²) in [5, 5.41) is 14.1. The van der Waals surface area contributed by atoms with Crippen molar-refractivity contribution in [1.29, 1.82) is 0 Å². The van der Waals surface area contributed by atoms with Gasteiger partial charge in [-0.05, 0) is 144 Å². The molecule has 14 heteroatoms. The van der Waals surface area contributed by atoms with E-state index < -0.39 is 11.6 Å². The second-order valence-electron chi connectivity index (χ2n) is 23.1. The highest BCUT2D eigenvalue weighted by Gasteiger charge is 2.49. The zero-order valence-corrected chi connectivity index (χ0v) is 46.8. The van der Waals surface area contributed by atoms with Crippen LogP contribution in [0.1, 0.15) is 136 Å². The molecule has 408 valence electrons. The summed E-state index contributed by atoms with van der Waals surface area (Å²) < 4.78 is 38.3. The van der Waals surface area contributed by atoms with Crippen molar-refractivity contribution in [3.8, 4) is 35.4 Å². The number of phenols is 1. The Hall–Kier alpha value is -6.20. The summed E-state index contributed by atoms with van der Waals surface area (Å²) in [6.45, 7) is 28.1. The van der Waals surface area contributed by atoms with Crippen LogP contribution in [0.25, 0.3) is 32.9 Å². The third-order valence-electron chi connectivity index (χ3n) is 16.5. The molecule has 1 saturated carbocycles. The van der Waals surface area contributed by atoms with Crippen molar-refractivity contribution in [2.24, 2.45) is 34.5 Å². The minimum absolute atomic E-state index is 0.0164. The zero-order valence-electron chi connectivity index (χ0n) is 46.8. The predicted molar refractivity (Wildman–Crippen MR) is 301 cm³/mol. The van der Waals surface area contributed by atoms with Crippen LogP contribution in [0.3, 0.4) is 0 Å². The number of aromatic hydroxyl groups is 1. The van der Waals surface area contributed by atoms with Crippen LogP contribution in [0.2, 0.25) is 0 Å². The van der Waals surface area contributed by atoms with Gasteiger partial charge in [0.1, 0.15) is 34.4 Å². The van der Waals surface area contributed by atoms with Crippen molar-refractivity contribution in [3.05, 3.63) is 77.0 Å². The Labute approximate surface area is 449 Å². The first-order valence-corrected chi connectivity index (χ1v) is 27.7. The fourth-order valence-corrected chi connectivity index (χ4v) is 10.3. The van der Waals surface area contributed by atoms with Gasteiger partial charge in [0.25, 0.3) is 0 Å². The van der Waals surface area contributed by atoms with Gasteiger partial charge in [0, 0.05) is 84.6 Å². The normalized spacial score (nSPS) is 20.0. The third-order valence-corrected chi connectivity index (χ3v) is 16.5. The number of aryl methyl sites for hydroxylation is 2. The number of terminal acetylenes is 1. The lowest BCUT2D eigenvalue weighted by Crippen LogP contribution is -2.60. The molecule has 5 fully saturated rings. The summed E-state index contributed by atoms with van der Waals surface area (Å²) in [7, 11) is 0. The number of nitrogens with one attached hydrogen (secondary N) is 1. The number of likely N-dealkylation sites (tertiary alicyclic amines) is 1. The summed E-state index contributed by atoms with van der Waals surface area (Å²) in [6, 6.07) is 12.6. The highest BCUT2D eigenvalue weighted by Crippen LogP contribution is 2.49. The van der Waals surface area contributed by atoms with E-state index in [1.807, 2.05) is 20.8 Å². The van der Waals surface area contributed by atoms with Gasteiger partial charge in [-0.1, -0.05) is 72.9 Å². The number of amides is 2. The maximum Gasteiger partial charge on any atom is 0.319 e. The monoisotopic (exact) mass is 1040 g/mol. The fourth-order valence-electron chi connectivity index (χ4n) is 10.3. The summed E-state index contributed by atoms with van der Waals surface area (Å²) >= 11 is 0. The Morgan fingerprint density at radius 1 is 0.934 bits per heavy atom. The molecular formula is C62H81F2N7O5. The third kappa shape index (κ3) is 13.8. The number of ketones is 1. The lowest BCUT2D eigenvalue weighted by atomic mass is 9.71. The second-order valence-corrected chi connectivity index (χ2v) is 23.1. The molecule has 5 aliphatic rings. The maximum absolute atomic E-state index is 16.9. The highest BCUT2D eigenvalue weighted by molar-refractivity contribution is 6.03. The maximum atomic E-state index is 16.9. The van der Waals surface area contributed by atoms with Crippen LogP contribution >= 0.6 is 0 Å². The molecule has 10 rings (SSSR count). The van der Waals surface area contributed by atoms with E-state index in [4.69, 9.17) is 16.1 Å². The van der Waals surface area contributed by atoms with Crippen molar-refractivity contribution in [3.63, 3.8) is 0 Å². The molecule has 6 heterocycles. The number of benzene rings is 3. The number of aromatic nitrogens is 3. The topological polar surface area (TPSA) is 141 Å². The van der Waals surface area contributed by atoms with Gasteiger partial charge in [-0.3, -0.25) is 24.7 Å². The second kappa shape index (κ2) is 24.9. The van der Waals surface area contributed by atoms with Gasteiger partial charge in [0.15, 0.2) is 5.82 Å². The van der Waals surface area contributed by atoms with E-state index in [0.717, 1.165) is 83.8 Å². The van der Waals surface area contributed by atoms with Gasteiger partial charge in [-0.25, -0.2) is 8.78 Å². The van der Waals surface area contributed by atoms with E-state index in [1.165, 1.54) is 60.3 Å². The number of hydrogen-bond donors (Lipinski definition) is 2. The molecular weight excluding hydrogens is 961 g/mol. The first-order valence-electron chi connectivity index (χ1n) is 27.7. The van der Waals surface area contributed by atoms with Crippen molar-refractivity contribution in [1.82, 2.24) is 25.2 Å². The smallest absolute Gasteiger partial charge is 0.319 e. The molecule has 3 aromatic carbocycles. The van der Waals surface area contributed by atoms with E-state index in [1.54, 1.807) is 13.1 Å². The molecule has 0 bridgehead atoms. The average molecular weight is 1040 g/mol. The Morgan fingerprint density at radius 3 is 2.22 bits per heavy atom. The molecule has 76 heavy (non-hydrogen) atoms. The fraction of sp³-hybridized carbons (Fsp3) is 0.548. The molecule has 4 saturated heterocycles. The van der Waals surface area contributed by atoms with Crippen molar-refractivity contribution >= 4 is 50.8 Å². The standard InChI is InChI=1S/C45H48F2N6O2.C6H9NO2.C6H12O.C5H12/c1-5-34-37(46)11-9-31-20-33(54)21-35(38(31)34)40-39(47)41-36(22-48-40)42(52-16-6-7-28(2)23-52)50-43(49-41)55-27-45(12-13-45)24-51-17-14-44(15-18-51)25-53(26-44)32-10-8-29(3)30(4)19-32;1-4-2-3-5(8)7-6(4)9;1-4-5(2)6(3)7;1-4-5(2)3/h1,8-11,19-22,28,54H,6-7,12-18,23-27H2,2-4H3;4H,2-3H2,1H3,(H,7,8,9);5H,4H2,1-3H3;5H,4H2,1-3H3. The molecule has 0 radical (unpaired) electrons. The molecule has 1 aliphatic carbocycles. The minimum atomic E-state index is -0.703. The van der Waals surface area contributed by atoms with Crippen LogP contribution in [0.4, 0.5) is 20.3 Å². The number of carbonyl (C=O) groups is 3. The number of imide groups is 1. The van der Waals surface area contributed by atoms with Gasteiger partial charge in [-0.15, -0.1) is 6.42 Å². The van der Waals surface area contributed by atoms with E-state index >= 15 is 4.39 Å². The summed E-state index contributed by atoms with van der Waals surface area (Å²) in [5.74, 6) is 3.22. The van der Waals surface area contributed by atoms with Crippen LogP contribution in [0, 0.1) is 72.3 Å². The average Bonchev–Trinajstić information content (AvgIpc) is 4.19. The molecule has 3 atom stereocenters. The Balaban J connectivity index is 0.000000336. The summed E-state index contributed by atoms with van der Waals surface area (Å²) in [6.07, 6.45) is 17.4. The Morgan fingerprint density at radius 2 is 1.64 bits per heavy atom. The highest BCUT2D eigenvalue weighted by atomic mass is 19.1. The van der Waals surface area contributed by atoms with Gasteiger partial charge in [0.2, 0.25) is 11.8 Å². The minimum Gasteiger partial charge on any atom is -0.508 e. The van der Waals surface area contributed by atoms with Crippen molar-refractivity contribution in [2.75, 3.05) is 62.2 Å². The SMILES string of the molecule is C#Cc1c(F)ccc2cc(O)cc(-c3ncc4c(N5CCCC(C)C5)nc(OCC5(CN6CCC7(CC6)CN(c6ccc(C)c(C)c6)C7)CC5)nc4c3F)c12.CC1CCC(=O)NC1=O.CCC(C)C.CCC(C)C(C)=O. The zero-order chi connectivity index (χ0) is 55.1. The number of nitrogens with zero attached hydrogens (tertiary/aromatic N) is 6. The lowest BCUT2D eigenvalue weighted by Gasteiger charge is -2.55. The van der Waals surface area contributed by atoms with Crippen LogP contribution in [0.5, 0.6) is 11.8 Å². The summed E-state index contributed by atoms with van der Waals surface area (Å²) in [5.41, 5.74) is 4.61. The van der Waals surface area contributed by atoms with E-state index in [2.05, 4.69) is 95.6 Å². The van der Waals surface area contributed by atoms with E-state index in [0.29, 0.717) is 58.5 Å². The van der Waals surface area contributed by atoms with Gasteiger partial charge >= 0.3 is 6.01 Å². The van der Waals surface area contributed by atoms with Crippen molar-refractivity contribution in [2.45, 2.75) is 133 Å². The number of phenolic OH excluding ortho intramolecular Hbond substituents is 1. The lowest BCUT2D eigenvalue weighted by molar-refractivity contribution is -0.135. The molecule has 5 aromatic rings. The molecule has 12 nitrogen and oxygen atoms in total. The van der Waals surface area contributed by atoms with E-state index in [-0.39, 0.29) is 63.2 Å². The van der Waals surface area contributed by atoms with Gasteiger partial charge < -0.3 is 24.5 Å². The quantitative estimate of drug-likeness (QED) is 0.0965. The first kappa shape index (κ1) is 57.5. The number of ether oxygens (including phenoxy) is 1. The number of anilines is 2. The molecule has 2 N–H and O–H groups in total. The number of hydrogen-bond acceptors (Lipinski definition) is 11. The van der Waals surface area contributed by atoms with Crippen LogP contribution in [-0.4, -0.2) is 95.0 Å². The van der Waals surface area contributed by atoms with Crippen molar-refractivity contribution < 1.29 is 33.0 Å². The summed E-state index contributed by atoms with van der Waals surface area (Å²) in [4.78, 5) is 53.0. The largest absolute Gasteiger partial charge is 0.508 e. The van der Waals surface area contributed by atoms with Gasteiger partial charge in [-0.2, -0.15) is 9.97 Å².